The predicted octanol–water partition coefficient (Wildman–Crippen LogP) is 3.22. The lowest BCUT2D eigenvalue weighted by Crippen LogP contribution is -2.44. The second-order valence-corrected chi connectivity index (χ2v) is 7.42. The molecule has 1 saturated heterocycles. The molecule has 0 spiro atoms. The van der Waals surface area contributed by atoms with Gasteiger partial charge in [0, 0.05) is 13.1 Å². The van der Waals surface area contributed by atoms with Gasteiger partial charge in [0.15, 0.2) is 17.4 Å². The number of nitrogens with zero attached hydrogens (tertiary/aromatic N) is 2. The van der Waals surface area contributed by atoms with Crippen molar-refractivity contribution in [3.8, 4) is 16.3 Å². The van der Waals surface area contributed by atoms with Crippen molar-refractivity contribution in [1.82, 2.24) is 9.88 Å². The number of aromatic nitrogens is 1. The van der Waals surface area contributed by atoms with E-state index in [1.807, 2.05) is 0 Å². The number of thiazole rings is 1. The molecule has 140 valence electrons. The summed E-state index contributed by atoms with van der Waals surface area (Å²) < 4.78 is 46.2. The van der Waals surface area contributed by atoms with Gasteiger partial charge in [-0.25, -0.2) is 13.8 Å². The molecule has 0 bridgehead atoms. The maximum absolute atomic E-state index is 14.4. The summed E-state index contributed by atoms with van der Waals surface area (Å²) in [6, 6.07) is 0.693. The van der Waals surface area contributed by atoms with Crippen molar-refractivity contribution in [2.24, 2.45) is 0 Å². The predicted molar refractivity (Wildman–Crippen MR) is 89.7 cm³/mol. The van der Waals surface area contributed by atoms with Crippen LogP contribution in [0.2, 0.25) is 0 Å². The Labute approximate surface area is 152 Å². The van der Waals surface area contributed by atoms with Crippen LogP contribution < -0.4 is 4.74 Å². The number of hydrogen-bond donors (Lipinski definition) is 1. The highest BCUT2D eigenvalue weighted by Crippen LogP contribution is 2.35. The third kappa shape index (κ3) is 3.41. The third-order valence-corrected chi connectivity index (χ3v) is 5.41. The van der Waals surface area contributed by atoms with E-state index >= 15 is 0 Å². The van der Waals surface area contributed by atoms with Crippen molar-refractivity contribution < 1.29 is 27.8 Å². The van der Waals surface area contributed by atoms with E-state index in [-0.39, 0.29) is 21.4 Å². The second-order valence-electron chi connectivity index (χ2n) is 6.39. The van der Waals surface area contributed by atoms with Crippen molar-refractivity contribution in [1.29, 1.82) is 0 Å². The van der Waals surface area contributed by atoms with E-state index in [1.54, 1.807) is 11.8 Å². The minimum atomic E-state index is -1.41. The Morgan fingerprint density at radius 2 is 1.96 bits per heavy atom. The molecule has 1 aliphatic heterocycles. The fourth-order valence-electron chi connectivity index (χ4n) is 2.76. The smallest absolute Gasteiger partial charge is 0.265 e. The lowest BCUT2D eigenvalue weighted by atomic mass is 9.94. The topological polar surface area (TPSA) is 62.7 Å². The Bertz CT molecular complexity index is 844. The van der Waals surface area contributed by atoms with Crippen molar-refractivity contribution in [2.45, 2.75) is 25.4 Å². The van der Waals surface area contributed by atoms with Gasteiger partial charge in [0.05, 0.1) is 24.5 Å². The number of carbonyl (C=O) groups is 1. The third-order valence-electron chi connectivity index (χ3n) is 4.39. The number of benzene rings is 1. The van der Waals surface area contributed by atoms with E-state index in [1.165, 1.54) is 6.20 Å². The standard InChI is InChI=1S/C17H17F3N2O3S/c1-17(24)3-5-22(6-4-17)16(23)11-8-21-15(26-11)9-7-10(18)13(20)14(25-2)12(9)19/h7-8,24H,3-6H2,1-2H3. The zero-order valence-corrected chi connectivity index (χ0v) is 15.0. The highest BCUT2D eigenvalue weighted by Gasteiger charge is 2.31. The molecule has 26 heavy (non-hydrogen) atoms. The molecule has 0 aliphatic carbocycles. The summed E-state index contributed by atoms with van der Waals surface area (Å²) in [6.45, 7) is 2.51. The summed E-state index contributed by atoms with van der Waals surface area (Å²) in [5.74, 6) is -4.88. The zero-order chi connectivity index (χ0) is 19.1. The summed E-state index contributed by atoms with van der Waals surface area (Å²) in [5, 5.41) is 10.0. The average molecular weight is 386 g/mol. The molecule has 2 aromatic rings. The molecular formula is C17H17F3N2O3S. The van der Waals surface area contributed by atoms with Crippen LogP contribution in [0.4, 0.5) is 13.2 Å². The van der Waals surface area contributed by atoms with Gasteiger partial charge in [-0.3, -0.25) is 4.79 Å². The number of carbonyl (C=O) groups excluding carboxylic acids is 1. The molecule has 0 atom stereocenters. The number of aliphatic hydroxyl groups is 1. The molecule has 2 heterocycles. The fourth-order valence-corrected chi connectivity index (χ4v) is 3.65. The number of methoxy groups -OCH3 is 1. The number of rotatable bonds is 3. The largest absolute Gasteiger partial charge is 0.491 e. The lowest BCUT2D eigenvalue weighted by molar-refractivity contribution is -0.00188. The summed E-state index contributed by atoms with van der Waals surface area (Å²) in [7, 11) is 1.03. The Morgan fingerprint density at radius 1 is 1.31 bits per heavy atom. The molecule has 0 unspecified atom stereocenters. The van der Waals surface area contributed by atoms with Gasteiger partial charge in [0.1, 0.15) is 9.88 Å². The first-order valence-corrected chi connectivity index (χ1v) is 8.74. The number of likely N-dealkylation sites (tertiary alicyclic amines) is 1. The van der Waals surface area contributed by atoms with Crippen LogP contribution in [0.15, 0.2) is 12.3 Å². The van der Waals surface area contributed by atoms with E-state index in [2.05, 4.69) is 9.72 Å². The summed E-state index contributed by atoms with van der Waals surface area (Å²) in [6.07, 6.45) is 2.20. The molecule has 3 rings (SSSR count). The van der Waals surface area contributed by atoms with Crippen LogP contribution in [0.1, 0.15) is 29.4 Å². The highest BCUT2D eigenvalue weighted by molar-refractivity contribution is 7.16. The minimum Gasteiger partial charge on any atom is -0.491 e. The van der Waals surface area contributed by atoms with Gasteiger partial charge in [0.2, 0.25) is 5.82 Å². The van der Waals surface area contributed by atoms with Crippen molar-refractivity contribution in [3.63, 3.8) is 0 Å². The molecule has 9 heteroatoms. The quantitative estimate of drug-likeness (QED) is 0.823. The first kappa shape index (κ1) is 18.7. The van der Waals surface area contributed by atoms with E-state index in [4.69, 9.17) is 0 Å². The van der Waals surface area contributed by atoms with Crippen molar-refractivity contribution >= 4 is 17.2 Å². The van der Waals surface area contributed by atoms with Crippen molar-refractivity contribution in [3.05, 3.63) is 34.6 Å². The zero-order valence-electron chi connectivity index (χ0n) is 14.2. The van der Waals surface area contributed by atoms with Crippen LogP contribution in [-0.2, 0) is 0 Å². The highest BCUT2D eigenvalue weighted by atomic mass is 32.1. The Kier molecular flexibility index (Phi) is 4.94. The van der Waals surface area contributed by atoms with Gasteiger partial charge in [-0.15, -0.1) is 11.3 Å². The number of hydrogen-bond acceptors (Lipinski definition) is 5. The van der Waals surface area contributed by atoms with Crippen LogP contribution in [0.25, 0.3) is 10.6 Å². The van der Waals surface area contributed by atoms with Crippen molar-refractivity contribution in [2.75, 3.05) is 20.2 Å². The monoisotopic (exact) mass is 386 g/mol. The second kappa shape index (κ2) is 6.88. The van der Waals surface area contributed by atoms with E-state index in [0.29, 0.717) is 32.0 Å². The van der Waals surface area contributed by atoms with Gasteiger partial charge >= 0.3 is 0 Å². The van der Waals surface area contributed by atoms with Gasteiger partial charge in [0.25, 0.3) is 5.91 Å². The molecular weight excluding hydrogens is 369 g/mol. The Balaban J connectivity index is 1.87. The first-order chi connectivity index (χ1) is 12.2. The van der Waals surface area contributed by atoms with Gasteiger partial charge in [-0.2, -0.15) is 4.39 Å². The van der Waals surface area contributed by atoms with Gasteiger partial charge < -0.3 is 14.7 Å². The van der Waals surface area contributed by atoms with E-state index in [0.717, 1.165) is 18.4 Å². The number of halogens is 3. The lowest BCUT2D eigenvalue weighted by Gasteiger charge is -2.35. The van der Waals surface area contributed by atoms with Gasteiger partial charge in [-0.05, 0) is 25.8 Å². The molecule has 1 aromatic carbocycles. The van der Waals surface area contributed by atoms with E-state index in [9.17, 15) is 23.1 Å². The number of amides is 1. The maximum Gasteiger partial charge on any atom is 0.265 e. The maximum atomic E-state index is 14.4. The summed E-state index contributed by atoms with van der Waals surface area (Å²) in [5.41, 5.74) is -1.06. The fraction of sp³-hybridized carbons (Fsp3) is 0.412. The summed E-state index contributed by atoms with van der Waals surface area (Å²) in [4.78, 5) is 18.4. The Morgan fingerprint density at radius 3 is 2.58 bits per heavy atom. The van der Waals surface area contributed by atoms with Gasteiger partial charge in [-0.1, -0.05) is 0 Å². The number of piperidine rings is 1. The first-order valence-electron chi connectivity index (χ1n) is 7.93. The normalized spacial score (nSPS) is 16.6. The van der Waals surface area contributed by atoms with Crippen LogP contribution in [0.5, 0.6) is 5.75 Å². The molecule has 5 nitrogen and oxygen atoms in total. The minimum absolute atomic E-state index is 0.0482. The molecule has 0 radical (unpaired) electrons. The average Bonchev–Trinajstić information content (AvgIpc) is 3.08. The number of ether oxygens (including phenoxy) is 1. The van der Waals surface area contributed by atoms with Crippen LogP contribution in [0, 0.1) is 17.5 Å². The molecule has 1 aromatic heterocycles. The summed E-state index contributed by atoms with van der Waals surface area (Å²) >= 11 is 0.886. The Hall–Kier alpha value is -2.13. The molecule has 1 aliphatic rings. The molecule has 1 N–H and O–H groups in total. The molecule has 0 saturated carbocycles. The molecule has 1 amide bonds. The van der Waals surface area contributed by atoms with Crippen LogP contribution in [-0.4, -0.2) is 46.7 Å². The van der Waals surface area contributed by atoms with Crippen LogP contribution >= 0.6 is 11.3 Å². The van der Waals surface area contributed by atoms with E-state index < -0.39 is 28.8 Å². The molecule has 1 fully saturated rings. The SMILES string of the molecule is COc1c(F)c(F)cc(-c2ncc(C(=O)N3CCC(C)(O)CC3)s2)c1F. The van der Waals surface area contributed by atoms with Crippen LogP contribution in [0.3, 0.4) is 0 Å².